The molecule has 0 bridgehead atoms. The van der Waals surface area contributed by atoms with Gasteiger partial charge in [-0.05, 0) is 42.2 Å². The van der Waals surface area contributed by atoms with Crippen molar-refractivity contribution >= 4 is 15.9 Å². The van der Waals surface area contributed by atoms with Crippen LogP contribution in [0, 0.1) is 5.92 Å². The molecule has 0 heterocycles. The first-order chi connectivity index (χ1) is 7.22. The number of benzene rings is 1. The lowest BCUT2D eigenvalue weighted by Crippen LogP contribution is -2.08. The third-order valence-electron chi connectivity index (χ3n) is 3.77. The van der Waals surface area contributed by atoms with Gasteiger partial charge in [0, 0.05) is 4.83 Å². The Labute approximate surface area is 101 Å². The van der Waals surface area contributed by atoms with Gasteiger partial charge in [0.1, 0.15) is 0 Å². The molecule has 1 saturated carbocycles. The molecule has 0 N–H and O–H groups in total. The molecule has 3 unspecified atom stereocenters. The number of halogens is 1. The zero-order valence-corrected chi connectivity index (χ0v) is 11.1. The van der Waals surface area contributed by atoms with Crippen molar-refractivity contribution in [3.63, 3.8) is 0 Å². The summed E-state index contributed by atoms with van der Waals surface area (Å²) in [6.45, 7) is 4.58. The number of hydrogen-bond donors (Lipinski definition) is 0. The third kappa shape index (κ3) is 2.28. The Morgan fingerprint density at radius 3 is 2.33 bits per heavy atom. The summed E-state index contributed by atoms with van der Waals surface area (Å²) in [5, 5.41) is 0. The van der Waals surface area contributed by atoms with Gasteiger partial charge in [0.25, 0.3) is 0 Å². The van der Waals surface area contributed by atoms with E-state index in [4.69, 9.17) is 0 Å². The largest absolute Gasteiger partial charge is 0.0888 e. The minimum absolute atomic E-state index is 0.716. The van der Waals surface area contributed by atoms with Crippen molar-refractivity contribution in [2.24, 2.45) is 5.92 Å². The lowest BCUT2D eigenvalue weighted by molar-refractivity contribution is 0.544. The molecular weight excluding hydrogens is 248 g/mol. The molecule has 82 valence electrons. The fraction of sp³-hybridized carbons (Fsp3) is 0.571. The second-order valence-electron chi connectivity index (χ2n) is 4.65. The first kappa shape index (κ1) is 11.2. The zero-order valence-electron chi connectivity index (χ0n) is 9.54. The Hall–Kier alpha value is -0.300. The van der Waals surface area contributed by atoms with Gasteiger partial charge < -0.3 is 0 Å². The van der Waals surface area contributed by atoms with E-state index in [9.17, 15) is 0 Å². The molecule has 0 radical (unpaired) electrons. The molecule has 1 aliphatic rings. The van der Waals surface area contributed by atoms with Crippen LogP contribution in [-0.4, -0.2) is 4.83 Å². The standard InChI is InChI=1S/C14H19Br/c1-3-11-4-6-12(7-5-11)13-8-9-14(15)10(13)2/h4-7,10,13-14H,3,8-9H2,1-2H3. The van der Waals surface area contributed by atoms with E-state index < -0.39 is 0 Å². The van der Waals surface area contributed by atoms with Crippen molar-refractivity contribution < 1.29 is 0 Å². The fourth-order valence-corrected chi connectivity index (χ4v) is 3.22. The molecule has 2 rings (SSSR count). The van der Waals surface area contributed by atoms with Crippen LogP contribution in [0.3, 0.4) is 0 Å². The van der Waals surface area contributed by atoms with Gasteiger partial charge in [-0.2, -0.15) is 0 Å². The molecule has 0 aromatic heterocycles. The molecule has 0 amide bonds. The highest BCUT2D eigenvalue weighted by Crippen LogP contribution is 2.42. The fourth-order valence-electron chi connectivity index (χ4n) is 2.59. The van der Waals surface area contributed by atoms with E-state index in [1.807, 2.05) is 0 Å². The van der Waals surface area contributed by atoms with E-state index in [0.717, 1.165) is 18.3 Å². The van der Waals surface area contributed by atoms with Crippen LogP contribution in [0.1, 0.15) is 43.7 Å². The summed E-state index contributed by atoms with van der Waals surface area (Å²) in [7, 11) is 0. The minimum atomic E-state index is 0.716. The summed E-state index contributed by atoms with van der Waals surface area (Å²) < 4.78 is 0. The minimum Gasteiger partial charge on any atom is -0.0888 e. The lowest BCUT2D eigenvalue weighted by atomic mass is 9.89. The maximum atomic E-state index is 3.77. The van der Waals surface area contributed by atoms with Crippen molar-refractivity contribution in [2.45, 2.75) is 43.9 Å². The lowest BCUT2D eigenvalue weighted by Gasteiger charge is -2.17. The van der Waals surface area contributed by atoms with Gasteiger partial charge in [-0.1, -0.05) is 54.0 Å². The first-order valence-electron chi connectivity index (χ1n) is 5.95. The maximum Gasteiger partial charge on any atom is 0.0177 e. The monoisotopic (exact) mass is 266 g/mol. The second-order valence-corrected chi connectivity index (χ2v) is 5.83. The zero-order chi connectivity index (χ0) is 10.8. The van der Waals surface area contributed by atoms with Crippen molar-refractivity contribution in [1.82, 2.24) is 0 Å². The van der Waals surface area contributed by atoms with Gasteiger partial charge in [0.05, 0.1) is 0 Å². The molecule has 1 aliphatic carbocycles. The molecule has 1 heteroatoms. The van der Waals surface area contributed by atoms with Gasteiger partial charge >= 0.3 is 0 Å². The highest BCUT2D eigenvalue weighted by molar-refractivity contribution is 9.09. The Balaban J connectivity index is 2.16. The van der Waals surface area contributed by atoms with E-state index in [1.54, 1.807) is 0 Å². The number of hydrogen-bond acceptors (Lipinski definition) is 0. The molecule has 0 spiro atoms. The average molecular weight is 267 g/mol. The van der Waals surface area contributed by atoms with Crippen molar-refractivity contribution in [1.29, 1.82) is 0 Å². The highest BCUT2D eigenvalue weighted by Gasteiger charge is 2.31. The van der Waals surface area contributed by atoms with Crippen LogP contribution in [0.5, 0.6) is 0 Å². The Kier molecular flexibility index (Phi) is 3.50. The highest BCUT2D eigenvalue weighted by atomic mass is 79.9. The normalized spacial score (nSPS) is 30.7. The molecule has 0 saturated heterocycles. The Morgan fingerprint density at radius 2 is 1.87 bits per heavy atom. The van der Waals surface area contributed by atoms with E-state index in [-0.39, 0.29) is 0 Å². The predicted octanol–water partition coefficient (Wildman–Crippen LogP) is 4.53. The SMILES string of the molecule is CCc1ccc(C2CCC(Br)C2C)cc1. The molecule has 3 atom stereocenters. The summed E-state index contributed by atoms with van der Waals surface area (Å²) >= 11 is 3.77. The van der Waals surface area contributed by atoms with Crippen LogP contribution >= 0.6 is 15.9 Å². The van der Waals surface area contributed by atoms with Crippen LogP contribution in [-0.2, 0) is 6.42 Å². The van der Waals surface area contributed by atoms with E-state index in [1.165, 1.54) is 24.0 Å². The molecule has 0 aliphatic heterocycles. The molecule has 15 heavy (non-hydrogen) atoms. The number of rotatable bonds is 2. The number of alkyl halides is 1. The molecule has 1 fully saturated rings. The summed E-state index contributed by atoms with van der Waals surface area (Å²) in [6, 6.07) is 9.21. The summed E-state index contributed by atoms with van der Waals surface area (Å²) in [5.74, 6) is 1.54. The summed E-state index contributed by atoms with van der Waals surface area (Å²) in [6.07, 6.45) is 3.80. The van der Waals surface area contributed by atoms with Crippen LogP contribution < -0.4 is 0 Å². The topological polar surface area (TPSA) is 0 Å². The smallest absolute Gasteiger partial charge is 0.0177 e. The van der Waals surface area contributed by atoms with Crippen LogP contribution in [0.4, 0.5) is 0 Å². The van der Waals surface area contributed by atoms with Crippen molar-refractivity contribution in [2.75, 3.05) is 0 Å². The van der Waals surface area contributed by atoms with E-state index in [0.29, 0.717) is 4.83 Å². The molecule has 1 aromatic rings. The molecule has 1 aromatic carbocycles. The predicted molar refractivity (Wildman–Crippen MR) is 69.7 cm³/mol. The average Bonchev–Trinajstić information content (AvgIpc) is 2.60. The van der Waals surface area contributed by atoms with Crippen LogP contribution in [0.25, 0.3) is 0 Å². The van der Waals surface area contributed by atoms with Gasteiger partial charge in [0.2, 0.25) is 0 Å². The van der Waals surface area contributed by atoms with E-state index in [2.05, 4.69) is 54.0 Å². The quantitative estimate of drug-likeness (QED) is 0.691. The Bertz CT molecular complexity index is 315. The summed E-state index contributed by atoms with van der Waals surface area (Å²) in [5.41, 5.74) is 2.97. The third-order valence-corrected chi connectivity index (χ3v) is 5.07. The van der Waals surface area contributed by atoms with Crippen LogP contribution in [0.2, 0.25) is 0 Å². The van der Waals surface area contributed by atoms with Gasteiger partial charge in [-0.15, -0.1) is 0 Å². The van der Waals surface area contributed by atoms with Crippen molar-refractivity contribution in [3.8, 4) is 0 Å². The molecule has 0 nitrogen and oxygen atoms in total. The molecular formula is C14H19Br. The van der Waals surface area contributed by atoms with Crippen LogP contribution in [0.15, 0.2) is 24.3 Å². The van der Waals surface area contributed by atoms with Gasteiger partial charge in [-0.25, -0.2) is 0 Å². The first-order valence-corrected chi connectivity index (χ1v) is 6.87. The summed E-state index contributed by atoms with van der Waals surface area (Å²) in [4.78, 5) is 0.716. The number of aryl methyl sites for hydroxylation is 1. The van der Waals surface area contributed by atoms with Gasteiger partial charge in [0.15, 0.2) is 0 Å². The van der Waals surface area contributed by atoms with E-state index >= 15 is 0 Å². The second kappa shape index (κ2) is 4.69. The van der Waals surface area contributed by atoms with Crippen molar-refractivity contribution in [3.05, 3.63) is 35.4 Å². The van der Waals surface area contributed by atoms with Gasteiger partial charge in [-0.3, -0.25) is 0 Å². The Morgan fingerprint density at radius 1 is 1.20 bits per heavy atom. The maximum absolute atomic E-state index is 3.77.